The van der Waals surface area contributed by atoms with Crippen molar-refractivity contribution in [2.45, 2.75) is 13.5 Å². The molecule has 0 atom stereocenters. The zero-order chi connectivity index (χ0) is 17.7. The SMILES string of the molecule is COc1cc(OC)c2c(c1)C(=O)c1cc(C)cc3c1c-2nn3CCO. The first-order chi connectivity index (χ1) is 12.1. The third-order valence-electron chi connectivity index (χ3n) is 4.57. The van der Waals surface area contributed by atoms with Gasteiger partial charge in [0, 0.05) is 22.6 Å². The second-order valence-corrected chi connectivity index (χ2v) is 6.08. The zero-order valence-corrected chi connectivity index (χ0v) is 14.3. The fourth-order valence-corrected chi connectivity index (χ4v) is 3.50. The number of rotatable bonds is 4. The van der Waals surface area contributed by atoms with E-state index in [1.807, 2.05) is 19.1 Å². The van der Waals surface area contributed by atoms with E-state index in [9.17, 15) is 9.90 Å². The van der Waals surface area contributed by atoms with E-state index in [2.05, 4.69) is 5.10 Å². The van der Waals surface area contributed by atoms with Crippen molar-refractivity contribution < 1.29 is 19.4 Å². The van der Waals surface area contributed by atoms with E-state index in [1.54, 1.807) is 31.0 Å². The number of carbonyl (C=O) groups is 1. The fourth-order valence-electron chi connectivity index (χ4n) is 3.50. The largest absolute Gasteiger partial charge is 0.497 e. The summed E-state index contributed by atoms with van der Waals surface area (Å²) in [5.41, 5.74) is 4.33. The lowest BCUT2D eigenvalue weighted by Gasteiger charge is -2.19. The molecule has 25 heavy (non-hydrogen) atoms. The van der Waals surface area contributed by atoms with Crippen LogP contribution in [0.1, 0.15) is 21.5 Å². The van der Waals surface area contributed by atoms with Crippen molar-refractivity contribution in [2.75, 3.05) is 20.8 Å². The van der Waals surface area contributed by atoms with Crippen LogP contribution in [-0.2, 0) is 6.54 Å². The molecule has 1 aliphatic rings. The highest BCUT2D eigenvalue weighted by molar-refractivity contribution is 6.26. The molecular formula is C19H18N2O4. The number of fused-ring (bicyclic) bond motifs is 2. The molecule has 0 fully saturated rings. The van der Waals surface area contributed by atoms with Gasteiger partial charge in [-0.2, -0.15) is 5.10 Å². The second kappa shape index (κ2) is 5.60. The molecule has 2 aromatic carbocycles. The monoisotopic (exact) mass is 338 g/mol. The third kappa shape index (κ3) is 2.14. The first-order valence-electron chi connectivity index (χ1n) is 8.02. The summed E-state index contributed by atoms with van der Waals surface area (Å²) in [4.78, 5) is 13.2. The lowest BCUT2D eigenvalue weighted by atomic mass is 9.86. The summed E-state index contributed by atoms with van der Waals surface area (Å²) in [6.45, 7) is 2.28. The second-order valence-electron chi connectivity index (χ2n) is 6.08. The molecule has 0 saturated carbocycles. The number of aromatic nitrogens is 2. The van der Waals surface area contributed by atoms with Crippen LogP contribution in [0.25, 0.3) is 22.2 Å². The molecule has 0 amide bonds. The number of aryl methyl sites for hydroxylation is 1. The van der Waals surface area contributed by atoms with Crippen molar-refractivity contribution in [3.63, 3.8) is 0 Å². The molecule has 0 spiro atoms. The van der Waals surface area contributed by atoms with Gasteiger partial charge in [0.05, 0.1) is 38.5 Å². The van der Waals surface area contributed by atoms with Crippen LogP contribution in [0, 0.1) is 6.92 Å². The first-order valence-corrected chi connectivity index (χ1v) is 8.02. The minimum atomic E-state index is -0.0723. The Labute approximate surface area is 144 Å². The summed E-state index contributed by atoms with van der Waals surface area (Å²) < 4.78 is 12.6. The minimum absolute atomic E-state index is 0.0277. The molecule has 1 aromatic heterocycles. The summed E-state index contributed by atoms with van der Waals surface area (Å²) in [7, 11) is 3.12. The van der Waals surface area contributed by atoms with Gasteiger partial charge in [-0.25, -0.2) is 0 Å². The molecule has 4 rings (SSSR count). The molecule has 1 heterocycles. The van der Waals surface area contributed by atoms with Crippen LogP contribution >= 0.6 is 0 Å². The average molecular weight is 338 g/mol. The summed E-state index contributed by atoms with van der Waals surface area (Å²) in [5, 5.41) is 14.8. The zero-order valence-electron chi connectivity index (χ0n) is 14.3. The maximum Gasteiger partial charge on any atom is 0.194 e. The fraction of sp³-hybridized carbons (Fsp3) is 0.263. The normalized spacial score (nSPS) is 12.4. The van der Waals surface area contributed by atoms with E-state index in [1.165, 1.54) is 0 Å². The number of nitrogens with zero attached hydrogens (tertiary/aromatic N) is 2. The lowest BCUT2D eigenvalue weighted by Crippen LogP contribution is -2.11. The van der Waals surface area contributed by atoms with E-state index in [4.69, 9.17) is 9.47 Å². The number of hydrogen-bond acceptors (Lipinski definition) is 5. The third-order valence-corrected chi connectivity index (χ3v) is 4.57. The number of ketones is 1. The molecule has 0 unspecified atom stereocenters. The maximum atomic E-state index is 13.2. The standard InChI is InChI=1S/C19H18N2O4/c1-10-6-12-16-14(7-10)21(4-5-22)20-18(16)17-13(19(12)23)8-11(24-2)9-15(17)25-3/h6-9,22H,4-5H2,1-3H3. The van der Waals surface area contributed by atoms with Gasteiger partial charge in [0.2, 0.25) is 0 Å². The Kier molecular flexibility index (Phi) is 3.51. The number of benzene rings is 2. The van der Waals surface area contributed by atoms with Crippen LogP contribution in [0.4, 0.5) is 0 Å². The van der Waals surface area contributed by atoms with Crippen LogP contribution in [0.5, 0.6) is 11.5 Å². The molecule has 0 saturated heterocycles. The number of methoxy groups -OCH3 is 2. The van der Waals surface area contributed by atoms with E-state index in [-0.39, 0.29) is 12.4 Å². The summed E-state index contributed by atoms with van der Waals surface area (Å²) >= 11 is 0. The van der Waals surface area contributed by atoms with Gasteiger partial charge in [-0.15, -0.1) is 0 Å². The van der Waals surface area contributed by atoms with Gasteiger partial charge < -0.3 is 14.6 Å². The molecule has 6 heteroatoms. The molecule has 1 aliphatic carbocycles. The van der Waals surface area contributed by atoms with Gasteiger partial charge in [0.1, 0.15) is 17.2 Å². The Balaban J connectivity index is 2.14. The van der Waals surface area contributed by atoms with E-state index in [0.29, 0.717) is 40.4 Å². The van der Waals surface area contributed by atoms with Crippen molar-refractivity contribution in [3.8, 4) is 22.8 Å². The number of ether oxygens (including phenoxy) is 2. The summed E-state index contributed by atoms with van der Waals surface area (Å²) in [5.74, 6) is 1.03. The van der Waals surface area contributed by atoms with Gasteiger partial charge in [-0.05, 0) is 30.7 Å². The molecule has 0 bridgehead atoms. The highest BCUT2D eigenvalue weighted by Crippen LogP contribution is 2.45. The molecular weight excluding hydrogens is 320 g/mol. The molecule has 0 radical (unpaired) electrons. The van der Waals surface area contributed by atoms with Gasteiger partial charge in [-0.1, -0.05) is 0 Å². The number of hydrogen-bond donors (Lipinski definition) is 1. The molecule has 1 N–H and O–H groups in total. The number of aliphatic hydroxyl groups is 1. The number of aliphatic hydroxyl groups excluding tert-OH is 1. The number of carbonyl (C=O) groups excluding carboxylic acids is 1. The minimum Gasteiger partial charge on any atom is -0.497 e. The molecule has 3 aromatic rings. The Morgan fingerprint density at radius 3 is 2.60 bits per heavy atom. The van der Waals surface area contributed by atoms with Crippen LogP contribution < -0.4 is 9.47 Å². The quantitative estimate of drug-likeness (QED) is 0.619. The first kappa shape index (κ1) is 15.7. The van der Waals surface area contributed by atoms with Crippen molar-refractivity contribution in [2.24, 2.45) is 0 Å². The van der Waals surface area contributed by atoms with Crippen molar-refractivity contribution in [1.29, 1.82) is 0 Å². The van der Waals surface area contributed by atoms with Crippen molar-refractivity contribution >= 4 is 16.7 Å². The Morgan fingerprint density at radius 1 is 1.12 bits per heavy atom. The van der Waals surface area contributed by atoms with E-state index >= 15 is 0 Å². The Hall–Kier alpha value is -2.86. The van der Waals surface area contributed by atoms with Crippen molar-refractivity contribution in [3.05, 3.63) is 41.0 Å². The lowest BCUT2D eigenvalue weighted by molar-refractivity contribution is 0.103. The van der Waals surface area contributed by atoms with Gasteiger partial charge in [0.25, 0.3) is 0 Å². The van der Waals surface area contributed by atoms with Crippen LogP contribution in [0.3, 0.4) is 0 Å². The smallest absolute Gasteiger partial charge is 0.194 e. The topological polar surface area (TPSA) is 73.6 Å². The summed E-state index contributed by atoms with van der Waals surface area (Å²) in [6.07, 6.45) is 0. The molecule has 128 valence electrons. The predicted molar refractivity (Wildman–Crippen MR) is 93.5 cm³/mol. The van der Waals surface area contributed by atoms with Gasteiger partial charge in [-0.3, -0.25) is 9.48 Å². The van der Waals surface area contributed by atoms with E-state index in [0.717, 1.165) is 16.5 Å². The molecule has 6 nitrogen and oxygen atoms in total. The van der Waals surface area contributed by atoms with Crippen molar-refractivity contribution in [1.82, 2.24) is 9.78 Å². The molecule has 0 aliphatic heterocycles. The van der Waals surface area contributed by atoms with E-state index < -0.39 is 0 Å². The highest BCUT2D eigenvalue weighted by atomic mass is 16.5. The predicted octanol–water partition coefficient (Wildman–Crippen LogP) is 2.57. The van der Waals surface area contributed by atoms with Gasteiger partial charge in [0.15, 0.2) is 5.78 Å². The summed E-state index contributed by atoms with van der Waals surface area (Å²) in [6, 6.07) is 7.35. The van der Waals surface area contributed by atoms with Crippen LogP contribution in [0.15, 0.2) is 24.3 Å². The Bertz CT molecular complexity index is 1020. The average Bonchev–Trinajstić information content (AvgIpc) is 2.97. The maximum absolute atomic E-state index is 13.2. The van der Waals surface area contributed by atoms with Crippen LogP contribution in [0.2, 0.25) is 0 Å². The highest BCUT2D eigenvalue weighted by Gasteiger charge is 2.32. The Morgan fingerprint density at radius 2 is 1.92 bits per heavy atom. The van der Waals surface area contributed by atoms with Crippen LogP contribution in [-0.4, -0.2) is 41.5 Å². The van der Waals surface area contributed by atoms with Gasteiger partial charge >= 0.3 is 0 Å².